The van der Waals surface area contributed by atoms with Gasteiger partial charge in [-0.3, -0.25) is 4.79 Å². The first-order chi connectivity index (χ1) is 12.2. The first-order valence-electron chi connectivity index (χ1n) is 8.65. The summed E-state index contributed by atoms with van der Waals surface area (Å²) in [6, 6.07) is -1.24. The number of hydrogen-bond acceptors (Lipinski definition) is 6. The quantitative estimate of drug-likeness (QED) is 0.459. The smallest absolute Gasteiger partial charge is 0.408 e. The standard InChI is InChI=1S/C17H31N3O7/c1-16(2,3)26-14(24)19-10-9-18-12(21)8-7-11(13(22)23)20-15(25)27-17(4,5)6/h11H,7-10H2,1-6H3,(H,18,21)(H,19,24)(H,20,25)(H,22,23)/t11-/m0/s1. The Bertz CT molecular complexity index is 536. The van der Waals surface area contributed by atoms with Crippen molar-refractivity contribution in [2.24, 2.45) is 0 Å². The van der Waals surface area contributed by atoms with Crippen LogP contribution in [-0.2, 0) is 19.1 Å². The van der Waals surface area contributed by atoms with Crippen molar-refractivity contribution in [3.8, 4) is 0 Å². The van der Waals surface area contributed by atoms with Gasteiger partial charge in [0, 0.05) is 19.5 Å². The molecular formula is C17H31N3O7. The van der Waals surface area contributed by atoms with Gasteiger partial charge in [0.15, 0.2) is 0 Å². The molecule has 0 aromatic carbocycles. The lowest BCUT2D eigenvalue weighted by Crippen LogP contribution is -2.44. The Morgan fingerprint density at radius 3 is 1.81 bits per heavy atom. The second-order valence-corrected chi connectivity index (χ2v) is 7.85. The Hall–Kier alpha value is -2.52. The lowest BCUT2D eigenvalue weighted by molar-refractivity contribution is -0.139. The molecule has 0 aliphatic heterocycles. The molecule has 0 saturated heterocycles. The maximum Gasteiger partial charge on any atom is 0.408 e. The van der Waals surface area contributed by atoms with Crippen LogP contribution in [0.2, 0.25) is 0 Å². The molecule has 0 fully saturated rings. The minimum atomic E-state index is -1.26. The summed E-state index contributed by atoms with van der Waals surface area (Å²) >= 11 is 0. The van der Waals surface area contributed by atoms with E-state index in [0.717, 1.165) is 0 Å². The summed E-state index contributed by atoms with van der Waals surface area (Å²) in [7, 11) is 0. The van der Waals surface area contributed by atoms with E-state index in [9.17, 15) is 19.2 Å². The van der Waals surface area contributed by atoms with Gasteiger partial charge in [-0.2, -0.15) is 0 Å². The van der Waals surface area contributed by atoms with Crippen molar-refractivity contribution < 1.29 is 33.8 Å². The third kappa shape index (κ3) is 14.3. The Kier molecular flexibility index (Phi) is 9.60. The molecule has 0 bridgehead atoms. The van der Waals surface area contributed by atoms with Gasteiger partial charge in [0.1, 0.15) is 17.2 Å². The predicted octanol–water partition coefficient (Wildman–Crippen LogP) is 1.39. The van der Waals surface area contributed by atoms with Crippen molar-refractivity contribution in [2.45, 2.75) is 71.6 Å². The van der Waals surface area contributed by atoms with E-state index in [-0.39, 0.29) is 25.9 Å². The highest BCUT2D eigenvalue weighted by Crippen LogP contribution is 2.08. The summed E-state index contributed by atoms with van der Waals surface area (Å²) in [6.45, 7) is 10.5. The van der Waals surface area contributed by atoms with E-state index in [1.165, 1.54) is 0 Å². The fraction of sp³-hybridized carbons (Fsp3) is 0.765. The Morgan fingerprint density at radius 1 is 0.852 bits per heavy atom. The molecule has 0 aromatic rings. The zero-order valence-corrected chi connectivity index (χ0v) is 16.8. The van der Waals surface area contributed by atoms with Crippen LogP contribution in [0.3, 0.4) is 0 Å². The Morgan fingerprint density at radius 2 is 1.33 bits per heavy atom. The first-order valence-corrected chi connectivity index (χ1v) is 8.65. The molecule has 0 aromatic heterocycles. The number of rotatable bonds is 8. The molecule has 0 aliphatic rings. The number of carboxylic acid groups (broad SMARTS) is 1. The molecule has 4 N–H and O–H groups in total. The zero-order chi connectivity index (χ0) is 21.3. The van der Waals surface area contributed by atoms with Crippen molar-refractivity contribution in [1.29, 1.82) is 0 Å². The fourth-order valence-corrected chi connectivity index (χ4v) is 1.75. The van der Waals surface area contributed by atoms with Gasteiger partial charge < -0.3 is 30.5 Å². The van der Waals surface area contributed by atoms with E-state index in [1.54, 1.807) is 41.5 Å². The second kappa shape index (κ2) is 10.6. The molecule has 27 heavy (non-hydrogen) atoms. The highest BCUT2D eigenvalue weighted by molar-refractivity contribution is 5.81. The van der Waals surface area contributed by atoms with Gasteiger partial charge in [0.25, 0.3) is 0 Å². The van der Waals surface area contributed by atoms with Gasteiger partial charge >= 0.3 is 18.2 Å². The largest absolute Gasteiger partial charge is 0.480 e. The van der Waals surface area contributed by atoms with Crippen molar-refractivity contribution in [3.63, 3.8) is 0 Å². The normalized spacial score (nSPS) is 12.5. The van der Waals surface area contributed by atoms with Crippen LogP contribution in [0.5, 0.6) is 0 Å². The minimum Gasteiger partial charge on any atom is -0.480 e. The number of amides is 3. The predicted molar refractivity (Wildman–Crippen MR) is 97.3 cm³/mol. The molecule has 1 atom stereocenters. The van der Waals surface area contributed by atoms with Crippen molar-refractivity contribution in [1.82, 2.24) is 16.0 Å². The molecule has 0 spiro atoms. The number of hydrogen-bond donors (Lipinski definition) is 4. The summed E-state index contributed by atoms with van der Waals surface area (Å²) < 4.78 is 10.0. The summed E-state index contributed by atoms with van der Waals surface area (Å²) in [5.41, 5.74) is -1.37. The van der Waals surface area contributed by atoms with Gasteiger partial charge in [-0.25, -0.2) is 14.4 Å². The monoisotopic (exact) mass is 389 g/mol. The van der Waals surface area contributed by atoms with Gasteiger partial charge in [-0.1, -0.05) is 0 Å². The molecule has 3 amide bonds. The number of carbonyl (C=O) groups excluding carboxylic acids is 3. The van der Waals surface area contributed by atoms with E-state index >= 15 is 0 Å². The minimum absolute atomic E-state index is 0.0973. The highest BCUT2D eigenvalue weighted by atomic mass is 16.6. The average molecular weight is 389 g/mol. The number of ether oxygens (including phenoxy) is 2. The third-order valence-electron chi connectivity index (χ3n) is 2.76. The maximum atomic E-state index is 11.8. The van der Waals surface area contributed by atoms with E-state index < -0.39 is 41.3 Å². The van der Waals surface area contributed by atoms with Crippen LogP contribution in [0.25, 0.3) is 0 Å². The summed E-state index contributed by atoms with van der Waals surface area (Å²) in [5, 5.41) is 16.4. The van der Waals surface area contributed by atoms with Crippen molar-refractivity contribution >= 4 is 24.1 Å². The molecular weight excluding hydrogens is 358 g/mol. The summed E-state index contributed by atoms with van der Waals surface area (Å²) in [5.74, 6) is -1.67. The molecule has 0 unspecified atom stereocenters. The Balaban J connectivity index is 4.16. The summed E-state index contributed by atoms with van der Waals surface area (Å²) in [6.07, 6.45) is -1.67. The highest BCUT2D eigenvalue weighted by Gasteiger charge is 2.24. The van der Waals surface area contributed by atoms with Crippen LogP contribution in [0.1, 0.15) is 54.4 Å². The molecule has 156 valence electrons. The van der Waals surface area contributed by atoms with E-state index in [1.807, 2.05) is 0 Å². The van der Waals surface area contributed by atoms with E-state index in [0.29, 0.717) is 0 Å². The number of aliphatic carboxylic acids is 1. The van der Waals surface area contributed by atoms with Crippen LogP contribution < -0.4 is 16.0 Å². The van der Waals surface area contributed by atoms with Gasteiger partial charge in [-0.05, 0) is 48.0 Å². The molecule has 0 heterocycles. The maximum absolute atomic E-state index is 11.8. The van der Waals surface area contributed by atoms with Crippen LogP contribution >= 0.6 is 0 Å². The van der Waals surface area contributed by atoms with Crippen molar-refractivity contribution in [3.05, 3.63) is 0 Å². The number of carboxylic acids is 1. The summed E-state index contributed by atoms with van der Waals surface area (Å²) in [4.78, 5) is 46.0. The topological polar surface area (TPSA) is 143 Å². The van der Waals surface area contributed by atoms with E-state index in [4.69, 9.17) is 14.6 Å². The zero-order valence-electron chi connectivity index (χ0n) is 16.8. The molecule has 0 rings (SSSR count). The lowest BCUT2D eigenvalue weighted by Gasteiger charge is -2.22. The van der Waals surface area contributed by atoms with Crippen LogP contribution in [0, 0.1) is 0 Å². The number of carbonyl (C=O) groups is 4. The van der Waals surface area contributed by atoms with Crippen LogP contribution in [0.15, 0.2) is 0 Å². The van der Waals surface area contributed by atoms with Gasteiger partial charge in [0.05, 0.1) is 0 Å². The van der Waals surface area contributed by atoms with Crippen molar-refractivity contribution in [2.75, 3.05) is 13.1 Å². The van der Waals surface area contributed by atoms with Crippen LogP contribution in [0.4, 0.5) is 9.59 Å². The molecule has 10 nitrogen and oxygen atoms in total. The number of nitrogens with one attached hydrogen (secondary N) is 3. The SMILES string of the molecule is CC(C)(C)OC(=O)NCCNC(=O)CC[C@H](NC(=O)OC(C)(C)C)C(=O)O. The number of alkyl carbamates (subject to hydrolysis) is 2. The fourth-order valence-electron chi connectivity index (χ4n) is 1.75. The lowest BCUT2D eigenvalue weighted by atomic mass is 10.1. The van der Waals surface area contributed by atoms with E-state index in [2.05, 4.69) is 16.0 Å². The third-order valence-corrected chi connectivity index (χ3v) is 2.76. The first kappa shape index (κ1) is 24.5. The van der Waals surface area contributed by atoms with Gasteiger partial charge in [0.2, 0.25) is 5.91 Å². The molecule has 0 saturated carbocycles. The molecule has 0 aliphatic carbocycles. The molecule has 0 radical (unpaired) electrons. The second-order valence-electron chi connectivity index (χ2n) is 7.85. The average Bonchev–Trinajstić information content (AvgIpc) is 2.43. The van der Waals surface area contributed by atoms with Crippen LogP contribution in [-0.4, -0.2) is 59.5 Å². The Labute approximate surface area is 159 Å². The van der Waals surface area contributed by atoms with Gasteiger partial charge in [-0.15, -0.1) is 0 Å². The molecule has 10 heteroatoms.